The van der Waals surface area contributed by atoms with Crippen LogP contribution in [0.2, 0.25) is 0 Å². The maximum absolute atomic E-state index is 13.5. The van der Waals surface area contributed by atoms with Crippen LogP contribution in [0.1, 0.15) is 17.4 Å². The fourth-order valence-electron chi connectivity index (χ4n) is 2.80. The highest BCUT2D eigenvalue weighted by Gasteiger charge is 2.46. The van der Waals surface area contributed by atoms with E-state index in [2.05, 4.69) is 15.4 Å². The van der Waals surface area contributed by atoms with Crippen molar-refractivity contribution in [2.24, 2.45) is 10.1 Å². The number of halogens is 3. The summed E-state index contributed by atoms with van der Waals surface area (Å²) in [6, 6.07) is 14.6. The van der Waals surface area contributed by atoms with E-state index >= 15 is 0 Å². The Morgan fingerprint density at radius 1 is 1.10 bits per heavy atom. The molecule has 2 aromatic carbocycles. The maximum Gasteiger partial charge on any atom is 0.437 e. The monoisotopic (exact) mass is 419 g/mol. The van der Waals surface area contributed by atoms with Crippen molar-refractivity contribution in [2.75, 3.05) is 13.2 Å². The van der Waals surface area contributed by atoms with E-state index in [-0.39, 0.29) is 25.4 Å². The van der Waals surface area contributed by atoms with Crippen LogP contribution in [0.3, 0.4) is 0 Å². The zero-order chi connectivity index (χ0) is 21.7. The highest BCUT2D eigenvalue weighted by molar-refractivity contribution is 6.70. The summed E-state index contributed by atoms with van der Waals surface area (Å²) < 4.78 is 40.5. The number of hydrazone groups is 1. The van der Waals surface area contributed by atoms with Gasteiger partial charge in [0, 0.05) is 6.54 Å². The number of hydrogen-bond donors (Lipinski definition) is 4. The summed E-state index contributed by atoms with van der Waals surface area (Å²) in [7, 11) is 0. The molecule has 2 aromatic rings. The third-order valence-electron chi connectivity index (χ3n) is 4.27. The molecule has 4 N–H and O–H groups in total. The number of nitrogens with one attached hydrogen (secondary N) is 2. The molecule has 0 aliphatic carbocycles. The molecule has 0 fully saturated rings. The van der Waals surface area contributed by atoms with Gasteiger partial charge in [0.25, 0.3) is 0 Å². The van der Waals surface area contributed by atoms with Gasteiger partial charge < -0.3 is 10.2 Å². The molecule has 0 amide bonds. The third-order valence-corrected chi connectivity index (χ3v) is 4.27. The lowest BCUT2D eigenvalue weighted by molar-refractivity contribution is -0.0571. The minimum atomic E-state index is -4.76. The third kappa shape index (κ3) is 5.09. The van der Waals surface area contributed by atoms with Gasteiger partial charge in [-0.05, 0) is 23.3 Å². The van der Waals surface area contributed by atoms with Crippen LogP contribution in [0.15, 0.2) is 64.7 Å². The molecule has 1 heterocycles. The van der Waals surface area contributed by atoms with Gasteiger partial charge in [0.1, 0.15) is 11.9 Å². The summed E-state index contributed by atoms with van der Waals surface area (Å²) in [4.78, 5) is 4.00. The molecule has 1 aliphatic heterocycles. The fourth-order valence-corrected chi connectivity index (χ4v) is 2.80. The molecule has 0 aromatic heterocycles. The predicted molar refractivity (Wildman–Crippen MR) is 107 cm³/mol. The number of nitrogens with zero attached hydrogens (tertiary/aromatic N) is 3. The Morgan fingerprint density at radius 3 is 2.37 bits per heavy atom. The lowest BCUT2D eigenvalue weighted by Crippen LogP contribution is -2.33. The van der Waals surface area contributed by atoms with Crippen LogP contribution in [0.4, 0.5) is 18.9 Å². The van der Waals surface area contributed by atoms with Crippen LogP contribution in [0, 0.1) is 5.41 Å². The van der Waals surface area contributed by atoms with Crippen molar-refractivity contribution < 1.29 is 23.4 Å². The van der Waals surface area contributed by atoms with E-state index in [1.54, 1.807) is 30.3 Å². The van der Waals surface area contributed by atoms with E-state index < -0.39 is 29.7 Å². The van der Waals surface area contributed by atoms with Gasteiger partial charge in [-0.2, -0.15) is 18.3 Å². The Morgan fingerprint density at radius 2 is 1.77 bits per heavy atom. The largest absolute Gasteiger partial charge is 0.437 e. The number of alkyl halides is 3. The van der Waals surface area contributed by atoms with Crippen molar-refractivity contribution in [3.05, 3.63) is 65.7 Å². The van der Waals surface area contributed by atoms with Crippen LogP contribution in [-0.4, -0.2) is 51.8 Å². The van der Waals surface area contributed by atoms with E-state index in [0.717, 1.165) is 5.01 Å². The van der Waals surface area contributed by atoms with Crippen molar-refractivity contribution in [2.45, 2.75) is 18.9 Å². The van der Waals surface area contributed by atoms with Crippen molar-refractivity contribution >= 4 is 22.9 Å². The Hall–Kier alpha value is -3.08. The molecule has 0 spiro atoms. The summed E-state index contributed by atoms with van der Waals surface area (Å²) in [5.74, 6) is -0.445. The number of amidine groups is 1. The van der Waals surface area contributed by atoms with E-state index in [1.807, 2.05) is 0 Å². The first-order chi connectivity index (χ1) is 14.3. The van der Waals surface area contributed by atoms with Crippen molar-refractivity contribution in [3.63, 3.8) is 0 Å². The Bertz CT molecular complexity index is 943. The fraction of sp³-hybridized carbons (Fsp3) is 0.250. The maximum atomic E-state index is 13.5. The first-order valence-corrected chi connectivity index (χ1v) is 9.07. The number of benzene rings is 2. The number of aliphatic hydroxyl groups is 2. The number of hydrogen-bond acceptors (Lipinski definition) is 6. The Kier molecular flexibility index (Phi) is 6.60. The van der Waals surface area contributed by atoms with Crippen molar-refractivity contribution in [1.82, 2.24) is 10.3 Å². The van der Waals surface area contributed by atoms with Gasteiger partial charge in [0.15, 0.2) is 11.5 Å². The van der Waals surface area contributed by atoms with Crippen molar-refractivity contribution in [3.8, 4) is 0 Å². The molecule has 1 atom stereocenters. The first-order valence-electron chi connectivity index (χ1n) is 9.07. The summed E-state index contributed by atoms with van der Waals surface area (Å²) in [6.07, 6.45) is -5.79. The molecule has 10 heteroatoms. The van der Waals surface area contributed by atoms with Gasteiger partial charge in [-0.1, -0.05) is 42.5 Å². The van der Waals surface area contributed by atoms with E-state index in [9.17, 15) is 18.3 Å². The van der Waals surface area contributed by atoms with Gasteiger partial charge in [-0.15, -0.1) is 0 Å². The molecule has 1 unspecified atom stereocenters. The Labute approximate surface area is 170 Å². The number of rotatable bonds is 7. The summed E-state index contributed by atoms with van der Waals surface area (Å²) in [5, 5.41) is 34.1. The van der Waals surface area contributed by atoms with E-state index in [4.69, 9.17) is 10.5 Å². The summed E-state index contributed by atoms with van der Waals surface area (Å²) >= 11 is 0. The van der Waals surface area contributed by atoms with Crippen LogP contribution in [-0.2, 0) is 6.54 Å². The molecule has 0 radical (unpaired) electrons. The molecule has 0 bridgehead atoms. The molecule has 30 heavy (non-hydrogen) atoms. The molecule has 3 rings (SSSR count). The van der Waals surface area contributed by atoms with E-state index in [1.165, 1.54) is 24.3 Å². The zero-order valence-corrected chi connectivity index (χ0v) is 15.8. The molecule has 7 nitrogen and oxygen atoms in total. The quantitative estimate of drug-likeness (QED) is 0.518. The smallest absolute Gasteiger partial charge is 0.395 e. The molecule has 158 valence electrons. The second-order valence-corrected chi connectivity index (χ2v) is 6.47. The van der Waals surface area contributed by atoms with Crippen LogP contribution < -0.4 is 5.32 Å². The molecule has 0 saturated heterocycles. The minimum Gasteiger partial charge on any atom is -0.395 e. The minimum absolute atomic E-state index is 0.0138. The first kappa shape index (κ1) is 21.6. The summed E-state index contributed by atoms with van der Waals surface area (Å²) in [6.45, 7) is 0.0505. The second-order valence-electron chi connectivity index (χ2n) is 6.47. The second kappa shape index (κ2) is 9.16. The summed E-state index contributed by atoms with van der Waals surface area (Å²) in [5.41, 5.74) is -0.430. The average molecular weight is 419 g/mol. The molecular weight excluding hydrogens is 399 g/mol. The normalized spacial score (nSPS) is 16.8. The lowest BCUT2D eigenvalue weighted by atomic mass is 10.1. The van der Waals surface area contributed by atoms with Gasteiger partial charge >= 0.3 is 6.18 Å². The SMILES string of the molecule is N=C1C(=Nc2ccc(C(O)NCCO)cc2)C(C(F)(F)F)=NN1Cc1ccccc1. The topological polar surface area (TPSA) is 104 Å². The number of aliphatic hydroxyl groups excluding tert-OH is 2. The highest BCUT2D eigenvalue weighted by atomic mass is 19.4. The standard InChI is InChI=1S/C20H20F3N5O2/c21-20(22,23)17-16(18(24)28(27-17)12-13-4-2-1-3-5-13)26-15-8-6-14(7-9-15)19(30)25-10-11-29/h1-9,19,24-25,29-30H,10-12H2. The van der Waals surface area contributed by atoms with Crippen LogP contribution in [0.25, 0.3) is 0 Å². The zero-order valence-electron chi connectivity index (χ0n) is 15.8. The molecule has 1 aliphatic rings. The van der Waals surface area contributed by atoms with Crippen LogP contribution >= 0.6 is 0 Å². The van der Waals surface area contributed by atoms with Crippen molar-refractivity contribution in [1.29, 1.82) is 5.41 Å². The van der Waals surface area contributed by atoms with Gasteiger partial charge in [0.05, 0.1) is 18.8 Å². The predicted octanol–water partition coefficient (Wildman–Crippen LogP) is 2.74. The van der Waals surface area contributed by atoms with Gasteiger partial charge in [-0.3, -0.25) is 10.7 Å². The highest BCUT2D eigenvalue weighted by Crippen LogP contribution is 2.27. The van der Waals surface area contributed by atoms with E-state index in [0.29, 0.717) is 11.1 Å². The lowest BCUT2D eigenvalue weighted by Gasteiger charge is -2.13. The number of aliphatic imine (C=N–C) groups is 1. The molecule has 0 saturated carbocycles. The molecular formula is C20H20F3N5O2. The van der Waals surface area contributed by atoms with Gasteiger partial charge in [0.2, 0.25) is 0 Å². The Balaban J connectivity index is 1.85. The average Bonchev–Trinajstić information content (AvgIpc) is 3.03. The van der Waals surface area contributed by atoms with Gasteiger partial charge in [-0.25, -0.2) is 10.0 Å². The van der Waals surface area contributed by atoms with Crippen LogP contribution in [0.5, 0.6) is 0 Å².